The Morgan fingerprint density at radius 2 is 2.24 bits per heavy atom. The Bertz CT molecular complexity index is 508. The topological polar surface area (TPSA) is 81.5 Å². The molecule has 1 aromatic carbocycles. The van der Waals surface area contributed by atoms with Gasteiger partial charge in [0.2, 0.25) is 0 Å². The second kappa shape index (κ2) is 8.61. The monoisotopic (exact) mass is 358 g/mol. The molecular weight excluding hydrogens is 340 g/mol. The van der Waals surface area contributed by atoms with Gasteiger partial charge in [0, 0.05) is 17.9 Å². The second-order valence-corrected chi connectivity index (χ2v) is 5.45. The standard InChI is InChI=1S/C14H19BrN2O4/c1-10(9-15)4-3-7-16-14(18)12-6-5-11(17(19)20)8-13(12)21-2/h5-6,8,10H,3-4,7,9H2,1-2H3,(H,16,18). The molecule has 0 fully saturated rings. The largest absolute Gasteiger partial charge is 0.496 e. The summed E-state index contributed by atoms with van der Waals surface area (Å²) >= 11 is 3.41. The minimum absolute atomic E-state index is 0.102. The molecule has 1 aromatic rings. The Hall–Kier alpha value is -1.63. The van der Waals surface area contributed by atoms with Gasteiger partial charge in [0.05, 0.1) is 23.7 Å². The summed E-state index contributed by atoms with van der Waals surface area (Å²) in [6, 6.07) is 3.96. The molecule has 1 atom stereocenters. The van der Waals surface area contributed by atoms with Crippen molar-refractivity contribution < 1.29 is 14.5 Å². The molecule has 0 aromatic heterocycles. The van der Waals surface area contributed by atoms with Gasteiger partial charge in [-0.3, -0.25) is 14.9 Å². The van der Waals surface area contributed by atoms with Gasteiger partial charge in [0.15, 0.2) is 0 Å². The molecule has 1 unspecified atom stereocenters. The highest BCUT2D eigenvalue weighted by Crippen LogP contribution is 2.24. The zero-order chi connectivity index (χ0) is 15.8. The number of methoxy groups -OCH3 is 1. The van der Waals surface area contributed by atoms with Gasteiger partial charge in [-0.2, -0.15) is 0 Å². The second-order valence-electron chi connectivity index (χ2n) is 4.80. The highest BCUT2D eigenvalue weighted by molar-refractivity contribution is 9.09. The number of hydrogen-bond donors (Lipinski definition) is 1. The van der Waals surface area contributed by atoms with E-state index in [9.17, 15) is 14.9 Å². The van der Waals surface area contributed by atoms with Crippen LogP contribution in [0, 0.1) is 16.0 Å². The number of nitrogens with zero attached hydrogens (tertiary/aromatic N) is 1. The van der Waals surface area contributed by atoms with Crippen molar-refractivity contribution in [1.29, 1.82) is 0 Å². The van der Waals surface area contributed by atoms with Crippen LogP contribution >= 0.6 is 15.9 Å². The van der Waals surface area contributed by atoms with Crippen molar-refractivity contribution in [3.63, 3.8) is 0 Å². The van der Waals surface area contributed by atoms with Crippen LogP contribution < -0.4 is 10.1 Å². The minimum Gasteiger partial charge on any atom is -0.496 e. The fraction of sp³-hybridized carbons (Fsp3) is 0.500. The van der Waals surface area contributed by atoms with Crippen LogP contribution in [0.1, 0.15) is 30.1 Å². The molecule has 0 radical (unpaired) electrons. The van der Waals surface area contributed by atoms with E-state index in [1.54, 1.807) is 0 Å². The van der Waals surface area contributed by atoms with E-state index >= 15 is 0 Å². The average Bonchev–Trinajstić information content (AvgIpc) is 2.50. The van der Waals surface area contributed by atoms with Crippen molar-refractivity contribution in [1.82, 2.24) is 5.32 Å². The number of nitro groups is 1. The number of non-ortho nitro benzene ring substituents is 1. The molecule has 1 rings (SSSR count). The van der Waals surface area contributed by atoms with Crippen molar-refractivity contribution >= 4 is 27.5 Å². The summed E-state index contributed by atoms with van der Waals surface area (Å²) in [5.41, 5.74) is 0.200. The molecule has 1 amide bonds. The normalized spacial score (nSPS) is 11.8. The van der Waals surface area contributed by atoms with E-state index in [4.69, 9.17) is 4.74 Å². The fourth-order valence-corrected chi connectivity index (χ4v) is 2.13. The molecule has 1 N–H and O–H groups in total. The number of ether oxygens (including phenoxy) is 1. The van der Waals surface area contributed by atoms with Gasteiger partial charge in [-0.05, 0) is 24.8 Å². The average molecular weight is 359 g/mol. The summed E-state index contributed by atoms with van der Waals surface area (Å²) in [6.45, 7) is 2.70. The van der Waals surface area contributed by atoms with Crippen molar-refractivity contribution in [2.45, 2.75) is 19.8 Å². The SMILES string of the molecule is COc1cc([N+](=O)[O-])ccc1C(=O)NCCCC(C)CBr. The summed E-state index contributed by atoms with van der Waals surface area (Å²) < 4.78 is 5.05. The molecule has 0 heterocycles. The van der Waals surface area contributed by atoms with Gasteiger partial charge in [-0.15, -0.1) is 0 Å². The number of amides is 1. The van der Waals surface area contributed by atoms with E-state index in [1.807, 2.05) is 0 Å². The summed E-state index contributed by atoms with van der Waals surface area (Å²) in [7, 11) is 1.38. The van der Waals surface area contributed by atoms with E-state index in [1.165, 1.54) is 25.3 Å². The molecule has 21 heavy (non-hydrogen) atoms. The van der Waals surface area contributed by atoms with Crippen molar-refractivity contribution in [2.75, 3.05) is 19.0 Å². The molecule has 0 saturated carbocycles. The summed E-state index contributed by atoms with van der Waals surface area (Å²) in [4.78, 5) is 22.2. The Kier molecular flexibility index (Phi) is 7.14. The third-order valence-corrected chi connectivity index (χ3v) is 4.17. The third kappa shape index (κ3) is 5.34. The third-order valence-electron chi connectivity index (χ3n) is 3.06. The highest BCUT2D eigenvalue weighted by atomic mass is 79.9. The van der Waals surface area contributed by atoms with E-state index < -0.39 is 4.92 Å². The van der Waals surface area contributed by atoms with Crippen molar-refractivity contribution in [3.05, 3.63) is 33.9 Å². The van der Waals surface area contributed by atoms with Crippen molar-refractivity contribution in [3.8, 4) is 5.75 Å². The molecule has 0 aliphatic heterocycles. The predicted octanol–water partition coefficient (Wildman–Crippen LogP) is 3.14. The maximum atomic E-state index is 12.0. The van der Waals surface area contributed by atoms with E-state index in [0.29, 0.717) is 18.0 Å². The maximum absolute atomic E-state index is 12.0. The molecule has 0 saturated heterocycles. The molecule has 0 bridgehead atoms. The number of rotatable bonds is 8. The quantitative estimate of drug-likeness (QED) is 0.335. The minimum atomic E-state index is -0.522. The molecule has 116 valence electrons. The van der Waals surface area contributed by atoms with Crippen LogP contribution in [0.4, 0.5) is 5.69 Å². The Balaban J connectivity index is 2.63. The first-order valence-corrected chi connectivity index (χ1v) is 7.78. The molecule has 0 aliphatic rings. The van der Waals surface area contributed by atoms with E-state index in [0.717, 1.165) is 18.2 Å². The maximum Gasteiger partial charge on any atom is 0.273 e. The number of hydrogen-bond acceptors (Lipinski definition) is 4. The van der Waals surface area contributed by atoms with Gasteiger partial charge < -0.3 is 10.1 Å². The zero-order valence-corrected chi connectivity index (χ0v) is 13.7. The van der Waals surface area contributed by atoms with Gasteiger partial charge in [-0.25, -0.2) is 0 Å². The molecule has 0 aliphatic carbocycles. The summed E-state index contributed by atoms with van der Waals surface area (Å²) in [5.74, 6) is 0.486. The highest BCUT2D eigenvalue weighted by Gasteiger charge is 2.16. The predicted molar refractivity (Wildman–Crippen MR) is 84.2 cm³/mol. The Morgan fingerprint density at radius 1 is 1.52 bits per heavy atom. The lowest BCUT2D eigenvalue weighted by molar-refractivity contribution is -0.384. The summed E-state index contributed by atoms with van der Waals surface area (Å²) in [5, 5.41) is 14.4. The van der Waals surface area contributed by atoms with E-state index in [-0.39, 0.29) is 17.3 Å². The number of carbonyl (C=O) groups is 1. The van der Waals surface area contributed by atoms with Crippen LogP contribution in [0.25, 0.3) is 0 Å². The van der Waals surface area contributed by atoms with Crippen LogP contribution in [0.5, 0.6) is 5.75 Å². The first kappa shape index (κ1) is 17.4. The fourth-order valence-electron chi connectivity index (χ4n) is 1.81. The lowest BCUT2D eigenvalue weighted by Gasteiger charge is -2.10. The first-order chi connectivity index (χ1) is 9.99. The van der Waals surface area contributed by atoms with Gasteiger partial charge >= 0.3 is 0 Å². The molecule has 6 nitrogen and oxygen atoms in total. The summed E-state index contributed by atoms with van der Waals surface area (Å²) in [6.07, 6.45) is 1.90. The lowest BCUT2D eigenvalue weighted by Crippen LogP contribution is -2.25. The molecule has 7 heteroatoms. The number of nitrogens with one attached hydrogen (secondary N) is 1. The smallest absolute Gasteiger partial charge is 0.273 e. The Morgan fingerprint density at radius 3 is 2.81 bits per heavy atom. The molecular formula is C14H19BrN2O4. The van der Waals surface area contributed by atoms with Gasteiger partial charge in [-0.1, -0.05) is 22.9 Å². The van der Waals surface area contributed by atoms with E-state index in [2.05, 4.69) is 28.2 Å². The lowest BCUT2D eigenvalue weighted by atomic mass is 10.1. The van der Waals surface area contributed by atoms with Crippen molar-refractivity contribution in [2.24, 2.45) is 5.92 Å². The first-order valence-electron chi connectivity index (χ1n) is 6.66. The number of nitro benzene ring substituents is 1. The number of alkyl halides is 1. The molecule has 0 spiro atoms. The van der Waals surface area contributed by atoms with Gasteiger partial charge in [0.1, 0.15) is 5.75 Å². The Labute approximate surface area is 132 Å². The number of halogens is 1. The van der Waals surface area contributed by atoms with Crippen LogP contribution in [-0.2, 0) is 0 Å². The van der Waals surface area contributed by atoms with Crippen LogP contribution in [0.2, 0.25) is 0 Å². The zero-order valence-electron chi connectivity index (χ0n) is 12.1. The van der Waals surface area contributed by atoms with Crippen LogP contribution in [0.3, 0.4) is 0 Å². The number of benzene rings is 1. The van der Waals surface area contributed by atoms with Crippen LogP contribution in [0.15, 0.2) is 18.2 Å². The van der Waals surface area contributed by atoms with Crippen LogP contribution in [-0.4, -0.2) is 29.8 Å². The van der Waals surface area contributed by atoms with Gasteiger partial charge in [0.25, 0.3) is 11.6 Å². The number of carbonyl (C=O) groups excluding carboxylic acids is 1.